The summed E-state index contributed by atoms with van der Waals surface area (Å²) in [4.78, 5) is 27.5. The van der Waals surface area contributed by atoms with Gasteiger partial charge >= 0.3 is 6.18 Å². The van der Waals surface area contributed by atoms with Gasteiger partial charge in [-0.2, -0.15) is 13.2 Å². The fourth-order valence-corrected chi connectivity index (χ4v) is 4.41. The first-order chi connectivity index (χ1) is 17.0. The minimum Gasteiger partial charge on any atom is -0.507 e. The van der Waals surface area contributed by atoms with E-state index < -0.39 is 35.2 Å². The summed E-state index contributed by atoms with van der Waals surface area (Å²) in [5.41, 5.74) is -0.203. The van der Waals surface area contributed by atoms with E-state index in [0.717, 1.165) is 23.1 Å². The van der Waals surface area contributed by atoms with Crippen molar-refractivity contribution < 1.29 is 32.6 Å². The van der Waals surface area contributed by atoms with Crippen molar-refractivity contribution in [2.75, 3.05) is 11.5 Å². The molecule has 1 heterocycles. The number of hydrogen-bond donors (Lipinski definition) is 1. The maximum atomic E-state index is 13.4. The zero-order valence-electron chi connectivity index (χ0n) is 19.3. The Hall–Kier alpha value is -3.78. The van der Waals surface area contributed by atoms with Gasteiger partial charge in [0.25, 0.3) is 11.7 Å². The molecule has 0 spiro atoms. The van der Waals surface area contributed by atoms with E-state index in [0.29, 0.717) is 23.5 Å². The molecule has 0 bridgehead atoms. The number of hydrogen-bond acceptors (Lipinski definition) is 4. The number of benzene rings is 3. The Morgan fingerprint density at radius 3 is 2.44 bits per heavy atom. The Labute approximate surface area is 210 Å². The maximum Gasteiger partial charge on any atom is 0.416 e. The second-order valence-electron chi connectivity index (χ2n) is 8.15. The van der Waals surface area contributed by atoms with Crippen LogP contribution in [0.25, 0.3) is 5.76 Å². The maximum absolute atomic E-state index is 13.4. The lowest BCUT2D eigenvalue weighted by molar-refractivity contribution is -0.137. The van der Waals surface area contributed by atoms with Gasteiger partial charge in [-0.3, -0.25) is 14.5 Å². The molecule has 36 heavy (non-hydrogen) atoms. The number of aliphatic hydroxyl groups is 1. The zero-order valence-corrected chi connectivity index (χ0v) is 20.0. The Kier molecular flexibility index (Phi) is 6.82. The molecule has 9 heteroatoms. The third-order valence-electron chi connectivity index (χ3n) is 5.88. The molecule has 0 radical (unpaired) electrons. The average Bonchev–Trinajstić information content (AvgIpc) is 3.10. The van der Waals surface area contributed by atoms with Gasteiger partial charge in [0.15, 0.2) is 0 Å². The van der Waals surface area contributed by atoms with Crippen molar-refractivity contribution >= 4 is 34.7 Å². The van der Waals surface area contributed by atoms with Gasteiger partial charge in [-0.1, -0.05) is 41.9 Å². The van der Waals surface area contributed by atoms with Crippen molar-refractivity contribution in [3.8, 4) is 5.75 Å². The van der Waals surface area contributed by atoms with Crippen LogP contribution in [0.15, 0.2) is 72.3 Å². The van der Waals surface area contributed by atoms with Gasteiger partial charge in [-0.05, 0) is 61.4 Å². The molecule has 0 aromatic heterocycles. The van der Waals surface area contributed by atoms with Crippen LogP contribution in [-0.4, -0.2) is 23.4 Å². The lowest BCUT2D eigenvalue weighted by Gasteiger charge is -2.27. The first kappa shape index (κ1) is 25.3. The lowest BCUT2D eigenvalue weighted by Crippen LogP contribution is -2.30. The van der Waals surface area contributed by atoms with Crippen molar-refractivity contribution in [2.24, 2.45) is 0 Å². The van der Waals surface area contributed by atoms with Gasteiger partial charge in [0, 0.05) is 11.3 Å². The van der Waals surface area contributed by atoms with Crippen molar-refractivity contribution in [1.82, 2.24) is 0 Å². The number of ketones is 1. The summed E-state index contributed by atoms with van der Waals surface area (Å²) in [7, 11) is 0. The zero-order chi connectivity index (χ0) is 26.2. The first-order valence-electron chi connectivity index (χ1n) is 11.0. The standard InChI is InChI=1S/C27H21ClF3NO4/c1-3-36-18-11-12-21(28)20(14-18)24(33)22-23(19-10-5-4-7-15(19)2)32(26(35)25(22)34)17-9-6-8-16(13-17)27(29,30)31/h4-14,23,33H,3H2,1-2H3/b24-22+. The molecular formula is C27H21ClF3NO4. The van der Waals surface area contributed by atoms with Crippen LogP contribution in [0.4, 0.5) is 18.9 Å². The molecule has 5 nitrogen and oxygen atoms in total. The third kappa shape index (κ3) is 4.56. The van der Waals surface area contributed by atoms with Gasteiger partial charge in [-0.25, -0.2) is 0 Å². The second-order valence-corrected chi connectivity index (χ2v) is 8.56. The van der Waals surface area contributed by atoms with Crippen LogP contribution in [0.2, 0.25) is 5.02 Å². The van der Waals surface area contributed by atoms with E-state index in [1.807, 2.05) is 0 Å². The molecule has 1 aliphatic heterocycles. The summed E-state index contributed by atoms with van der Waals surface area (Å²) in [5.74, 6) is -2.29. The van der Waals surface area contributed by atoms with E-state index >= 15 is 0 Å². The molecule has 0 saturated carbocycles. The Bertz CT molecular complexity index is 1380. The third-order valence-corrected chi connectivity index (χ3v) is 6.21. The number of amides is 1. The van der Waals surface area contributed by atoms with Gasteiger partial charge in [-0.15, -0.1) is 0 Å². The number of rotatable bonds is 5. The van der Waals surface area contributed by atoms with Crippen molar-refractivity contribution in [1.29, 1.82) is 0 Å². The molecule has 1 aliphatic rings. The number of anilines is 1. The molecule has 3 aromatic rings. The average molecular weight is 516 g/mol. The SMILES string of the molecule is CCOc1ccc(Cl)c(/C(O)=C2\C(=O)C(=O)N(c3cccc(C(F)(F)F)c3)C2c2ccccc2C)c1. The normalized spacial score (nSPS) is 17.5. The number of halogens is 4. The minimum absolute atomic E-state index is 0.0586. The highest BCUT2D eigenvalue weighted by Crippen LogP contribution is 2.45. The van der Waals surface area contributed by atoms with E-state index in [2.05, 4.69) is 0 Å². The predicted octanol–water partition coefficient (Wildman–Crippen LogP) is 6.69. The molecule has 3 aromatic carbocycles. The van der Waals surface area contributed by atoms with Crippen LogP contribution >= 0.6 is 11.6 Å². The smallest absolute Gasteiger partial charge is 0.416 e. The monoisotopic (exact) mass is 515 g/mol. The summed E-state index contributed by atoms with van der Waals surface area (Å²) >= 11 is 6.32. The van der Waals surface area contributed by atoms with Gasteiger partial charge in [0.2, 0.25) is 0 Å². The van der Waals surface area contributed by atoms with E-state index in [9.17, 15) is 27.9 Å². The number of ether oxygens (including phenoxy) is 1. The summed E-state index contributed by atoms with van der Waals surface area (Å²) in [6.07, 6.45) is -4.66. The largest absolute Gasteiger partial charge is 0.507 e. The quantitative estimate of drug-likeness (QED) is 0.233. The number of carbonyl (C=O) groups excluding carboxylic acids is 2. The number of alkyl halides is 3. The molecular weight excluding hydrogens is 495 g/mol. The number of nitrogens with zero attached hydrogens (tertiary/aromatic N) is 1. The minimum atomic E-state index is -4.66. The topological polar surface area (TPSA) is 66.8 Å². The van der Waals surface area contributed by atoms with Gasteiger partial charge in [0.1, 0.15) is 11.5 Å². The number of carbonyl (C=O) groups is 2. The van der Waals surface area contributed by atoms with E-state index in [4.69, 9.17) is 16.3 Å². The summed E-state index contributed by atoms with van der Waals surface area (Å²) in [6.45, 7) is 3.85. The van der Waals surface area contributed by atoms with Crippen molar-refractivity contribution in [3.05, 3.63) is 99.6 Å². The molecule has 4 rings (SSSR count). The molecule has 0 aliphatic carbocycles. The second kappa shape index (κ2) is 9.70. The fraction of sp³-hybridized carbons (Fsp3) is 0.185. The lowest BCUT2D eigenvalue weighted by atomic mass is 9.92. The summed E-state index contributed by atoms with van der Waals surface area (Å²) in [5, 5.41) is 11.4. The Morgan fingerprint density at radius 2 is 1.78 bits per heavy atom. The van der Waals surface area contributed by atoms with Gasteiger partial charge in [0.05, 0.1) is 28.8 Å². The van der Waals surface area contributed by atoms with Crippen LogP contribution in [0, 0.1) is 6.92 Å². The molecule has 1 amide bonds. The van der Waals surface area contributed by atoms with Crippen LogP contribution in [0.1, 0.15) is 35.2 Å². The number of aryl methyl sites for hydroxylation is 1. The first-order valence-corrected chi connectivity index (χ1v) is 11.4. The predicted molar refractivity (Wildman–Crippen MR) is 130 cm³/mol. The molecule has 1 atom stereocenters. The highest BCUT2D eigenvalue weighted by atomic mass is 35.5. The molecule has 186 valence electrons. The highest BCUT2D eigenvalue weighted by molar-refractivity contribution is 6.52. The van der Waals surface area contributed by atoms with E-state index in [1.54, 1.807) is 44.2 Å². The molecule has 1 saturated heterocycles. The van der Waals surface area contributed by atoms with Gasteiger partial charge < -0.3 is 9.84 Å². The van der Waals surface area contributed by atoms with Crippen molar-refractivity contribution in [2.45, 2.75) is 26.1 Å². The Morgan fingerprint density at radius 1 is 1.06 bits per heavy atom. The Balaban J connectivity index is 1.98. The number of aliphatic hydroxyl groups excluding tert-OH is 1. The highest BCUT2D eigenvalue weighted by Gasteiger charge is 2.48. The molecule has 1 unspecified atom stereocenters. The molecule has 1 N–H and O–H groups in total. The van der Waals surface area contributed by atoms with E-state index in [-0.39, 0.29) is 21.8 Å². The van der Waals surface area contributed by atoms with E-state index in [1.165, 1.54) is 18.2 Å². The fourth-order valence-electron chi connectivity index (χ4n) is 4.21. The van der Waals surface area contributed by atoms with Crippen LogP contribution in [0.5, 0.6) is 5.75 Å². The number of Topliss-reactive ketones (excluding diaryl/α,β-unsaturated/α-hetero) is 1. The van der Waals surface area contributed by atoms with Crippen molar-refractivity contribution in [3.63, 3.8) is 0 Å². The molecule has 1 fully saturated rings. The van der Waals surface area contributed by atoms with Crippen LogP contribution in [0.3, 0.4) is 0 Å². The van der Waals surface area contributed by atoms with Crippen LogP contribution in [-0.2, 0) is 15.8 Å². The van der Waals surface area contributed by atoms with Crippen LogP contribution < -0.4 is 9.64 Å². The summed E-state index contributed by atoms with van der Waals surface area (Å²) in [6, 6.07) is 14.3. The summed E-state index contributed by atoms with van der Waals surface area (Å²) < 4.78 is 45.8.